The molecule has 14 heavy (non-hydrogen) atoms. The topological polar surface area (TPSA) is 32.3 Å². The molecule has 0 amide bonds. The van der Waals surface area contributed by atoms with Crippen molar-refractivity contribution in [3.8, 4) is 5.75 Å². The monoisotopic (exact) mass is 265 g/mol. The summed E-state index contributed by atoms with van der Waals surface area (Å²) in [6.07, 6.45) is -2.37. The van der Waals surface area contributed by atoms with Gasteiger partial charge in [-0.2, -0.15) is 0 Å². The second-order valence-electron chi connectivity index (χ2n) is 2.80. The molecule has 5 heteroatoms. The fourth-order valence-corrected chi connectivity index (χ4v) is 1.42. The van der Waals surface area contributed by atoms with Gasteiger partial charge in [0.15, 0.2) is 0 Å². The van der Waals surface area contributed by atoms with E-state index in [9.17, 15) is 13.9 Å². The zero-order valence-corrected chi connectivity index (χ0v) is 8.89. The lowest BCUT2D eigenvalue weighted by molar-refractivity contribution is 0.145. The molecule has 0 spiro atoms. The summed E-state index contributed by atoms with van der Waals surface area (Å²) < 4.78 is 24.4. The molecule has 0 aliphatic carbocycles. The largest absolute Gasteiger partial charge is 0.508 e. The number of nitrogens with one attached hydrogen (secondary N) is 1. The quantitative estimate of drug-likeness (QED) is 0.877. The minimum absolute atomic E-state index is 0.106. The number of aromatic hydroxyl groups is 1. The Labute approximate surface area is 89.1 Å². The lowest BCUT2D eigenvalue weighted by Crippen LogP contribution is -2.20. The molecule has 0 heterocycles. The van der Waals surface area contributed by atoms with E-state index in [1.54, 1.807) is 12.1 Å². The van der Waals surface area contributed by atoms with E-state index in [1.807, 2.05) is 0 Å². The van der Waals surface area contributed by atoms with Gasteiger partial charge in [0.25, 0.3) is 6.43 Å². The molecule has 0 saturated carbocycles. The number of rotatable bonds is 4. The van der Waals surface area contributed by atoms with Crippen molar-refractivity contribution >= 4 is 15.9 Å². The number of hydrogen-bond donors (Lipinski definition) is 2. The molecule has 2 N–H and O–H groups in total. The van der Waals surface area contributed by atoms with Crippen molar-refractivity contribution in [1.29, 1.82) is 0 Å². The van der Waals surface area contributed by atoms with Crippen molar-refractivity contribution in [2.45, 2.75) is 13.0 Å². The molecule has 0 fully saturated rings. The first-order valence-electron chi connectivity index (χ1n) is 4.06. The van der Waals surface area contributed by atoms with E-state index in [0.29, 0.717) is 5.56 Å². The molecular formula is C9H10BrF2NO. The number of benzene rings is 1. The summed E-state index contributed by atoms with van der Waals surface area (Å²) >= 11 is 3.23. The van der Waals surface area contributed by atoms with Gasteiger partial charge in [0.2, 0.25) is 0 Å². The van der Waals surface area contributed by atoms with Crippen LogP contribution in [0.4, 0.5) is 8.78 Å². The molecule has 0 aliphatic rings. The van der Waals surface area contributed by atoms with E-state index < -0.39 is 6.43 Å². The van der Waals surface area contributed by atoms with Crippen LogP contribution in [0.15, 0.2) is 22.7 Å². The fraction of sp³-hybridized carbons (Fsp3) is 0.333. The van der Waals surface area contributed by atoms with Gasteiger partial charge in [0, 0.05) is 16.6 Å². The predicted octanol–water partition coefficient (Wildman–Crippen LogP) is 2.51. The third-order valence-electron chi connectivity index (χ3n) is 1.66. The van der Waals surface area contributed by atoms with Crippen LogP contribution in [0.25, 0.3) is 0 Å². The highest BCUT2D eigenvalue weighted by atomic mass is 79.9. The first-order valence-corrected chi connectivity index (χ1v) is 4.85. The van der Waals surface area contributed by atoms with E-state index in [4.69, 9.17) is 0 Å². The van der Waals surface area contributed by atoms with Crippen LogP contribution in [0.2, 0.25) is 0 Å². The molecular weight excluding hydrogens is 256 g/mol. The molecule has 0 bridgehead atoms. The summed E-state index contributed by atoms with van der Waals surface area (Å²) in [5, 5.41) is 11.9. The van der Waals surface area contributed by atoms with Gasteiger partial charge in [-0.3, -0.25) is 0 Å². The third-order valence-corrected chi connectivity index (χ3v) is 2.15. The zero-order chi connectivity index (χ0) is 10.6. The van der Waals surface area contributed by atoms with Crippen LogP contribution in [0.5, 0.6) is 5.75 Å². The van der Waals surface area contributed by atoms with Crippen molar-refractivity contribution in [3.05, 3.63) is 28.2 Å². The Morgan fingerprint density at radius 3 is 2.79 bits per heavy atom. The predicted molar refractivity (Wildman–Crippen MR) is 53.5 cm³/mol. The van der Waals surface area contributed by atoms with Gasteiger partial charge in [0.05, 0.1) is 6.54 Å². The minimum Gasteiger partial charge on any atom is -0.508 e. The first kappa shape index (κ1) is 11.4. The van der Waals surface area contributed by atoms with Gasteiger partial charge >= 0.3 is 0 Å². The molecule has 0 radical (unpaired) electrons. The summed E-state index contributed by atoms with van der Waals surface area (Å²) in [6.45, 7) is -0.137. The highest BCUT2D eigenvalue weighted by Crippen LogP contribution is 2.21. The van der Waals surface area contributed by atoms with Gasteiger partial charge in [-0.25, -0.2) is 8.78 Å². The maximum Gasteiger partial charge on any atom is 0.250 e. The van der Waals surface area contributed by atoms with Crippen molar-refractivity contribution < 1.29 is 13.9 Å². The maximum atomic E-state index is 11.8. The summed E-state index contributed by atoms with van der Waals surface area (Å²) in [7, 11) is 0. The molecule has 1 aromatic rings. The molecule has 1 rings (SSSR count). The van der Waals surface area contributed by atoms with Gasteiger partial charge in [-0.15, -0.1) is 0 Å². The molecule has 0 unspecified atom stereocenters. The molecule has 2 nitrogen and oxygen atoms in total. The Bertz CT molecular complexity index is 307. The van der Waals surface area contributed by atoms with Crippen LogP contribution in [0.1, 0.15) is 5.56 Å². The van der Waals surface area contributed by atoms with Gasteiger partial charge in [-0.05, 0) is 18.2 Å². The van der Waals surface area contributed by atoms with Gasteiger partial charge < -0.3 is 10.4 Å². The number of alkyl halides is 2. The van der Waals surface area contributed by atoms with Crippen LogP contribution in [0, 0.1) is 0 Å². The fourth-order valence-electron chi connectivity index (χ4n) is 1.01. The number of halogens is 3. The third kappa shape index (κ3) is 3.59. The highest BCUT2D eigenvalue weighted by Gasteiger charge is 2.04. The first-order chi connectivity index (χ1) is 6.59. The Morgan fingerprint density at radius 1 is 1.43 bits per heavy atom. The van der Waals surface area contributed by atoms with Crippen LogP contribution >= 0.6 is 15.9 Å². The second kappa shape index (κ2) is 5.26. The van der Waals surface area contributed by atoms with Crippen molar-refractivity contribution in [3.63, 3.8) is 0 Å². The van der Waals surface area contributed by atoms with Gasteiger partial charge in [0.1, 0.15) is 5.75 Å². The lowest BCUT2D eigenvalue weighted by atomic mass is 10.2. The van der Waals surface area contributed by atoms with E-state index in [1.165, 1.54) is 6.07 Å². The summed E-state index contributed by atoms with van der Waals surface area (Å²) in [5.74, 6) is 0.106. The number of hydrogen-bond acceptors (Lipinski definition) is 2. The van der Waals surface area contributed by atoms with E-state index >= 15 is 0 Å². The molecule has 0 aromatic heterocycles. The average Bonchev–Trinajstić information content (AvgIpc) is 2.10. The Balaban J connectivity index is 2.53. The van der Waals surface area contributed by atoms with Crippen LogP contribution in [-0.2, 0) is 6.54 Å². The maximum absolute atomic E-state index is 11.8. The Hall–Kier alpha value is -0.680. The minimum atomic E-state index is -2.37. The number of phenols is 1. The van der Waals surface area contributed by atoms with E-state index in [2.05, 4.69) is 21.2 Å². The SMILES string of the molecule is Oc1ccc(Br)cc1CNCC(F)F. The van der Waals surface area contributed by atoms with Gasteiger partial charge in [-0.1, -0.05) is 15.9 Å². The van der Waals surface area contributed by atoms with E-state index in [-0.39, 0.29) is 18.8 Å². The molecule has 0 aliphatic heterocycles. The standard InChI is InChI=1S/C9H10BrF2NO/c10-7-1-2-8(14)6(3-7)4-13-5-9(11)12/h1-3,9,13-14H,4-5H2. The molecule has 1 aromatic carbocycles. The van der Waals surface area contributed by atoms with Crippen LogP contribution in [0.3, 0.4) is 0 Å². The van der Waals surface area contributed by atoms with Crippen molar-refractivity contribution in [1.82, 2.24) is 5.32 Å². The van der Waals surface area contributed by atoms with Crippen LogP contribution in [-0.4, -0.2) is 18.1 Å². The van der Waals surface area contributed by atoms with Crippen molar-refractivity contribution in [2.75, 3.05) is 6.54 Å². The normalized spacial score (nSPS) is 10.9. The molecule has 78 valence electrons. The number of phenolic OH excluding ortho intramolecular Hbond substituents is 1. The molecule has 0 atom stereocenters. The summed E-state index contributed by atoms with van der Waals surface area (Å²) in [6, 6.07) is 4.89. The molecule has 0 saturated heterocycles. The zero-order valence-electron chi connectivity index (χ0n) is 7.30. The highest BCUT2D eigenvalue weighted by molar-refractivity contribution is 9.10. The Morgan fingerprint density at radius 2 is 2.14 bits per heavy atom. The lowest BCUT2D eigenvalue weighted by Gasteiger charge is -2.06. The van der Waals surface area contributed by atoms with E-state index in [0.717, 1.165) is 4.47 Å². The Kier molecular flexibility index (Phi) is 4.28. The summed E-state index contributed by atoms with van der Waals surface area (Å²) in [5.41, 5.74) is 0.597. The van der Waals surface area contributed by atoms with Crippen LogP contribution < -0.4 is 5.32 Å². The average molecular weight is 266 g/mol. The van der Waals surface area contributed by atoms with Crippen molar-refractivity contribution in [2.24, 2.45) is 0 Å². The second-order valence-corrected chi connectivity index (χ2v) is 3.71. The summed E-state index contributed by atoms with van der Waals surface area (Å²) in [4.78, 5) is 0. The smallest absolute Gasteiger partial charge is 0.250 e.